The number of hydrogen-bond acceptors (Lipinski definition) is 1. The summed E-state index contributed by atoms with van der Waals surface area (Å²) in [6.45, 7) is 8.61. The van der Waals surface area contributed by atoms with Crippen LogP contribution >= 0.6 is 9.24 Å². The minimum atomic E-state index is 0.339. The van der Waals surface area contributed by atoms with Crippen molar-refractivity contribution < 1.29 is 5.11 Å². The Hall–Kier alpha value is -1.33. The van der Waals surface area contributed by atoms with Crippen LogP contribution in [0, 0.1) is 13.8 Å². The van der Waals surface area contributed by atoms with Gasteiger partial charge in [0.15, 0.2) is 0 Å². The van der Waals surface area contributed by atoms with Gasteiger partial charge in [-0.05, 0) is 71.8 Å². The summed E-state index contributed by atoms with van der Waals surface area (Å²) in [7, 11) is 2.79. The molecule has 0 aliphatic carbocycles. The summed E-state index contributed by atoms with van der Waals surface area (Å²) in [5.41, 5.74) is 7.77. The second kappa shape index (κ2) is 6.62. The molecule has 21 heavy (non-hydrogen) atoms. The number of benzene rings is 2. The standard InChI is InChI=1S/C19H25OP/c1-12(2)17-9-15(5-6-19(17)20)10-18-13(3)7-16(11-21)8-14(18)4/h5-9,12,20H,10-11,21H2,1-4H3. The van der Waals surface area contributed by atoms with Gasteiger partial charge in [0.2, 0.25) is 0 Å². The van der Waals surface area contributed by atoms with Gasteiger partial charge in [-0.3, -0.25) is 0 Å². The molecule has 0 aliphatic heterocycles. The second-order valence-electron chi connectivity index (χ2n) is 6.14. The van der Waals surface area contributed by atoms with Crippen molar-refractivity contribution in [1.82, 2.24) is 0 Å². The maximum absolute atomic E-state index is 9.95. The largest absolute Gasteiger partial charge is 0.508 e. The number of hydrogen-bond donors (Lipinski definition) is 1. The minimum absolute atomic E-state index is 0.339. The molecule has 2 aromatic rings. The van der Waals surface area contributed by atoms with Crippen molar-refractivity contribution in [2.45, 2.75) is 46.2 Å². The van der Waals surface area contributed by atoms with Crippen LogP contribution in [0.15, 0.2) is 30.3 Å². The molecule has 0 aliphatic rings. The van der Waals surface area contributed by atoms with Gasteiger partial charge in [-0.25, -0.2) is 0 Å². The van der Waals surface area contributed by atoms with E-state index in [4.69, 9.17) is 0 Å². The Balaban J connectivity index is 2.37. The number of aryl methyl sites for hydroxylation is 2. The van der Waals surface area contributed by atoms with Crippen LogP contribution in [0.2, 0.25) is 0 Å². The van der Waals surface area contributed by atoms with Crippen molar-refractivity contribution in [3.05, 3.63) is 63.7 Å². The first-order chi connectivity index (χ1) is 9.92. The van der Waals surface area contributed by atoms with E-state index in [9.17, 15) is 5.11 Å². The third-order valence-electron chi connectivity index (χ3n) is 4.09. The van der Waals surface area contributed by atoms with Gasteiger partial charge in [0.1, 0.15) is 5.75 Å². The third kappa shape index (κ3) is 3.66. The highest BCUT2D eigenvalue weighted by molar-refractivity contribution is 7.15. The van der Waals surface area contributed by atoms with Gasteiger partial charge >= 0.3 is 0 Å². The lowest BCUT2D eigenvalue weighted by Crippen LogP contribution is -1.99. The summed E-state index contributed by atoms with van der Waals surface area (Å²) in [6.07, 6.45) is 1.92. The molecule has 1 nitrogen and oxygen atoms in total. The fourth-order valence-electron chi connectivity index (χ4n) is 2.86. The van der Waals surface area contributed by atoms with E-state index in [-0.39, 0.29) is 0 Å². The topological polar surface area (TPSA) is 20.2 Å². The molecule has 0 amide bonds. The van der Waals surface area contributed by atoms with E-state index in [1.807, 2.05) is 12.1 Å². The molecule has 0 saturated carbocycles. The van der Waals surface area contributed by atoms with E-state index < -0.39 is 0 Å². The van der Waals surface area contributed by atoms with E-state index in [1.165, 1.54) is 27.8 Å². The zero-order valence-corrected chi connectivity index (χ0v) is 14.6. The predicted octanol–water partition coefficient (Wildman–Crippen LogP) is 5.10. The van der Waals surface area contributed by atoms with Crippen LogP contribution < -0.4 is 0 Å². The molecule has 0 aromatic heterocycles. The van der Waals surface area contributed by atoms with Crippen LogP contribution in [0.1, 0.15) is 53.1 Å². The van der Waals surface area contributed by atoms with Gasteiger partial charge in [-0.1, -0.05) is 38.1 Å². The highest BCUT2D eigenvalue weighted by Gasteiger charge is 2.10. The lowest BCUT2D eigenvalue weighted by atomic mass is 9.92. The first-order valence-corrected chi connectivity index (χ1v) is 8.35. The SMILES string of the molecule is Cc1cc(CP)cc(C)c1Cc1ccc(O)c(C(C)C)c1. The Morgan fingerprint density at radius 3 is 2.14 bits per heavy atom. The van der Waals surface area contributed by atoms with Gasteiger partial charge < -0.3 is 5.11 Å². The fourth-order valence-corrected chi connectivity index (χ4v) is 3.10. The Labute approximate surface area is 130 Å². The second-order valence-corrected chi connectivity index (χ2v) is 6.55. The Morgan fingerprint density at radius 2 is 1.62 bits per heavy atom. The van der Waals surface area contributed by atoms with E-state index >= 15 is 0 Å². The van der Waals surface area contributed by atoms with Crippen molar-refractivity contribution in [1.29, 1.82) is 0 Å². The van der Waals surface area contributed by atoms with Gasteiger partial charge in [-0.2, -0.15) is 0 Å². The van der Waals surface area contributed by atoms with Crippen LogP contribution in [0.5, 0.6) is 5.75 Å². The van der Waals surface area contributed by atoms with E-state index in [0.29, 0.717) is 11.7 Å². The van der Waals surface area contributed by atoms with Crippen LogP contribution in [-0.4, -0.2) is 5.11 Å². The van der Waals surface area contributed by atoms with Crippen LogP contribution in [0.3, 0.4) is 0 Å². The molecule has 1 unspecified atom stereocenters. The van der Waals surface area contributed by atoms with Gasteiger partial charge in [0, 0.05) is 0 Å². The Kier molecular flexibility index (Phi) is 5.06. The van der Waals surface area contributed by atoms with Crippen molar-refractivity contribution in [3.8, 4) is 5.75 Å². The Bertz CT molecular complexity index is 621. The normalized spacial score (nSPS) is 11.1. The lowest BCUT2D eigenvalue weighted by molar-refractivity contribution is 0.464. The number of phenols is 1. The summed E-state index contributed by atoms with van der Waals surface area (Å²) in [5.74, 6) is 0.743. The highest BCUT2D eigenvalue weighted by Crippen LogP contribution is 2.28. The fraction of sp³-hybridized carbons (Fsp3) is 0.368. The van der Waals surface area contributed by atoms with Gasteiger partial charge in [0.25, 0.3) is 0 Å². The maximum atomic E-state index is 9.95. The van der Waals surface area contributed by atoms with Crippen molar-refractivity contribution >= 4 is 9.24 Å². The molecule has 2 heteroatoms. The molecule has 0 fully saturated rings. The van der Waals surface area contributed by atoms with Gasteiger partial charge in [0.05, 0.1) is 0 Å². The molecule has 0 saturated heterocycles. The summed E-state index contributed by atoms with van der Waals surface area (Å²) in [4.78, 5) is 0. The maximum Gasteiger partial charge on any atom is 0.119 e. The molecule has 112 valence electrons. The van der Waals surface area contributed by atoms with Crippen LogP contribution in [0.25, 0.3) is 0 Å². The molecule has 0 bridgehead atoms. The first-order valence-electron chi connectivity index (χ1n) is 7.53. The summed E-state index contributed by atoms with van der Waals surface area (Å²) < 4.78 is 0. The number of aromatic hydroxyl groups is 1. The smallest absolute Gasteiger partial charge is 0.119 e. The average Bonchev–Trinajstić information content (AvgIpc) is 2.43. The zero-order chi connectivity index (χ0) is 15.6. The molecule has 1 N–H and O–H groups in total. The first kappa shape index (κ1) is 16.0. The van der Waals surface area contributed by atoms with Crippen molar-refractivity contribution in [2.24, 2.45) is 0 Å². The highest BCUT2D eigenvalue weighted by atomic mass is 31.0. The molecule has 2 rings (SSSR count). The van der Waals surface area contributed by atoms with Crippen molar-refractivity contribution in [3.63, 3.8) is 0 Å². The van der Waals surface area contributed by atoms with Crippen LogP contribution in [-0.2, 0) is 12.6 Å². The average molecular weight is 300 g/mol. The number of rotatable bonds is 4. The monoisotopic (exact) mass is 300 g/mol. The molecule has 2 aromatic carbocycles. The van der Waals surface area contributed by atoms with Crippen LogP contribution in [0.4, 0.5) is 0 Å². The molecule has 0 radical (unpaired) electrons. The molecule has 0 heterocycles. The van der Waals surface area contributed by atoms with Crippen molar-refractivity contribution in [2.75, 3.05) is 0 Å². The molecule has 0 spiro atoms. The minimum Gasteiger partial charge on any atom is -0.508 e. The summed E-state index contributed by atoms with van der Waals surface area (Å²) >= 11 is 0. The summed E-state index contributed by atoms with van der Waals surface area (Å²) in [6, 6.07) is 10.6. The molecule has 1 atom stereocenters. The third-order valence-corrected chi connectivity index (χ3v) is 4.56. The molecular weight excluding hydrogens is 275 g/mol. The summed E-state index contributed by atoms with van der Waals surface area (Å²) in [5, 5.41) is 9.95. The van der Waals surface area contributed by atoms with E-state index in [0.717, 1.165) is 18.1 Å². The predicted molar refractivity (Wildman–Crippen MR) is 94.3 cm³/mol. The van der Waals surface area contributed by atoms with Gasteiger partial charge in [-0.15, -0.1) is 9.24 Å². The lowest BCUT2D eigenvalue weighted by Gasteiger charge is -2.14. The Morgan fingerprint density at radius 1 is 1.00 bits per heavy atom. The molecular formula is C19H25OP. The quantitative estimate of drug-likeness (QED) is 0.779. The van der Waals surface area contributed by atoms with E-state index in [1.54, 1.807) is 0 Å². The van der Waals surface area contributed by atoms with E-state index in [2.05, 4.69) is 55.1 Å². The zero-order valence-electron chi connectivity index (χ0n) is 13.4. The number of phenolic OH excluding ortho intramolecular Hbond substituents is 1.